The summed E-state index contributed by atoms with van der Waals surface area (Å²) in [6.45, 7) is 5.55. The molecule has 8 nitrogen and oxygen atoms in total. The fourth-order valence-electron chi connectivity index (χ4n) is 3.48. The van der Waals surface area contributed by atoms with Gasteiger partial charge in [-0.3, -0.25) is 9.59 Å². The second-order valence-electron chi connectivity index (χ2n) is 7.27. The van der Waals surface area contributed by atoms with Crippen LogP contribution in [-0.2, 0) is 30.6 Å². The molecular weight excluding hydrogens is 396 g/mol. The van der Waals surface area contributed by atoms with Crippen molar-refractivity contribution in [3.63, 3.8) is 0 Å². The van der Waals surface area contributed by atoms with Crippen LogP contribution in [0.1, 0.15) is 37.8 Å². The summed E-state index contributed by atoms with van der Waals surface area (Å²) in [5.74, 6) is -3.12. The van der Waals surface area contributed by atoms with E-state index in [2.05, 4.69) is 5.32 Å². The molecule has 160 valence electrons. The van der Waals surface area contributed by atoms with Crippen LogP contribution in [0.3, 0.4) is 0 Å². The molecule has 1 saturated heterocycles. The SMILES string of the molecule is CCc1cccc(C)c1N1CC(C(=O)NC(CCS(=O)(=O)CC)C(=O)O)CC1=O. The number of rotatable bonds is 9. The number of carbonyl (C=O) groups is 3. The van der Waals surface area contributed by atoms with Gasteiger partial charge in [-0.1, -0.05) is 32.0 Å². The first-order valence-corrected chi connectivity index (χ1v) is 11.5. The van der Waals surface area contributed by atoms with Crippen LogP contribution in [0.15, 0.2) is 18.2 Å². The molecule has 9 heteroatoms. The van der Waals surface area contributed by atoms with Gasteiger partial charge < -0.3 is 15.3 Å². The molecule has 2 unspecified atom stereocenters. The van der Waals surface area contributed by atoms with Gasteiger partial charge in [0, 0.05) is 24.4 Å². The van der Waals surface area contributed by atoms with Gasteiger partial charge in [0.05, 0.1) is 11.7 Å². The van der Waals surface area contributed by atoms with Crippen LogP contribution in [0.4, 0.5) is 5.69 Å². The summed E-state index contributed by atoms with van der Waals surface area (Å²) in [6.07, 6.45) is 0.521. The highest BCUT2D eigenvalue weighted by Crippen LogP contribution is 2.31. The molecule has 1 aromatic carbocycles. The smallest absolute Gasteiger partial charge is 0.326 e. The number of anilines is 1. The largest absolute Gasteiger partial charge is 0.480 e. The van der Waals surface area contributed by atoms with Gasteiger partial charge in [-0.25, -0.2) is 13.2 Å². The number of nitrogens with one attached hydrogen (secondary N) is 1. The predicted octanol–water partition coefficient (Wildman–Crippen LogP) is 1.30. The highest BCUT2D eigenvalue weighted by atomic mass is 32.2. The number of amides is 2. The molecule has 1 aromatic rings. The highest BCUT2D eigenvalue weighted by molar-refractivity contribution is 7.91. The zero-order chi connectivity index (χ0) is 21.8. The summed E-state index contributed by atoms with van der Waals surface area (Å²) in [5.41, 5.74) is 2.75. The van der Waals surface area contributed by atoms with E-state index in [0.717, 1.165) is 23.2 Å². The van der Waals surface area contributed by atoms with Crippen LogP contribution in [0.5, 0.6) is 0 Å². The Bertz CT molecular complexity index is 896. The average molecular weight is 425 g/mol. The van der Waals surface area contributed by atoms with Gasteiger partial charge in [0.1, 0.15) is 15.9 Å². The van der Waals surface area contributed by atoms with Crippen LogP contribution in [0.25, 0.3) is 0 Å². The van der Waals surface area contributed by atoms with Crippen LogP contribution in [-0.4, -0.2) is 55.4 Å². The quantitative estimate of drug-likeness (QED) is 0.616. The molecule has 2 rings (SSSR count). The number of para-hydroxylation sites is 1. The molecule has 0 aliphatic carbocycles. The van der Waals surface area contributed by atoms with Gasteiger partial charge in [-0.05, 0) is 30.9 Å². The van der Waals surface area contributed by atoms with Crippen molar-refractivity contribution in [3.8, 4) is 0 Å². The molecule has 2 amide bonds. The minimum absolute atomic E-state index is 0.0110. The number of carboxylic acids is 1. The molecule has 1 aliphatic rings. The summed E-state index contributed by atoms with van der Waals surface area (Å²) in [4.78, 5) is 38.2. The Morgan fingerprint density at radius 2 is 2.00 bits per heavy atom. The third kappa shape index (κ3) is 5.56. The number of aliphatic carboxylic acids is 1. The van der Waals surface area contributed by atoms with E-state index in [1.165, 1.54) is 6.92 Å². The van der Waals surface area contributed by atoms with E-state index in [4.69, 9.17) is 0 Å². The summed E-state index contributed by atoms with van der Waals surface area (Å²) in [6, 6.07) is 4.46. The fraction of sp³-hybridized carbons (Fsp3) is 0.550. The number of sulfone groups is 1. The Balaban J connectivity index is 2.11. The Kier molecular flexibility index (Phi) is 7.40. The lowest BCUT2D eigenvalue weighted by Crippen LogP contribution is -2.45. The van der Waals surface area contributed by atoms with Gasteiger partial charge >= 0.3 is 5.97 Å². The Morgan fingerprint density at radius 3 is 2.59 bits per heavy atom. The molecule has 29 heavy (non-hydrogen) atoms. The van der Waals surface area contributed by atoms with Crippen molar-refractivity contribution < 1.29 is 27.9 Å². The Morgan fingerprint density at radius 1 is 1.31 bits per heavy atom. The number of hydrogen-bond acceptors (Lipinski definition) is 5. The zero-order valence-electron chi connectivity index (χ0n) is 17.0. The van der Waals surface area contributed by atoms with Crippen molar-refractivity contribution in [1.82, 2.24) is 5.32 Å². The minimum Gasteiger partial charge on any atom is -0.480 e. The first-order chi connectivity index (χ1) is 13.6. The maximum atomic E-state index is 12.6. The van der Waals surface area contributed by atoms with Crippen molar-refractivity contribution in [1.29, 1.82) is 0 Å². The second kappa shape index (κ2) is 9.39. The van der Waals surface area contributed by atoms with E-state index in [-0.39, 0.29) is 36.8 Å². The zero-order valence-corrected chi connectivity index (χ0v) is 17.8. The van der Waals surface area contributed by atoms with E-state index in [1.807, 2.05) is 32.0 Å². The number of aryl methyl sites for hydroxylation is 2. The molecular formula is C20H28N2O6S. The summed E-state index contributed by atoms with van der Waals surface area (Å²) < 4.78 is 23.3. The van der Waals surface area contributed by atoms with Gasteiger partial charge in [-0.2, -0.15) is 0 Å². The second-order valence-corrected chi connectivity index (χ2v) is 9.74. The van der Waals surface area contributed by atoms with Crippen LogP contribution in [0.2, 0.25) is 0 Å². The third-order valence-corrected chi connectivity index (χ3v) is 6.98. The predicted molar refractivity (Wildman–Crippen MR) is 110 cm³/mol. The van der Waals surface area contributed by atoms with Gasteiger partial charge in [-0.15, -0.1) is 0 Å². The lowest BCUT2D eigenvalue weighted by atomic mass is 10.0. The lowest BCUT2D eigenvalue weighted by Gasteiger charge is -2.22. The van der Waals surface area contributed by atoms with E-state index < -0.39 is 33.7 Å². The maximum absolute atomic E-state index is 12.6. The van der Waals surface area contributed by atoms with Crippen LogP contribution >= 0.6 is 0 Å². The van der Waals surface area contributed by atoms with Crippen molar-refractivity contribution in [2.24, 2.45) is 5.92 Å². The fourth-order valence-corrected chi connectivity index (χ4v) is 4.36. The van der Waals surface area contributed by atoms with E-state index >= 15 is 0 Å². The summed E-state index contributed by atoms with van der Waals surface area (Å²) in [5, 5.41) is 11.7. The monoisotopic (exact) mass is 424 g/mol. The molecule has 1 heterocycles. The Hall–Kier alpha value is -2.42. The van der Waals surface area contributed by atoms with Crippen LogP contribution in [0, 0.1) is 12.8 Å². The van der Waals surface area contributed by atoms with Gasteiger partial charge in [0.25, 0.3) is 0 Å². The molecule has 0 radical (unpaired) electrons. The molecule has 2 N–H and O–H groups in total. The number of carbonyl (C=O) groups excluding carboxylic acids is 2. The number of nitrogens with zero attached hydrogens (tertiary/aromatic N) is 1. The summed E-state index contributed by atoms with van der Waals surface area (Å²) >= 11 is 0. The van der Waals surface area contributed by atoms with Crippen molar-refractivity contribution in [2.45, 2.75) is 46.1 Å². The average Bonchev–Trinajstić information content (AvgIpc) is 3.05. The normalized spacial score (nSPS) is 18.0. The molecule has 1 fully saturated rings. The first-order valence-electron chi connectivity index (χ1n) is 9.72. The highest BCUT2D eigenvalue weighted by Gasteiger charge is 2.37. The van der Waals surface area contributed by atoms with E-state index in [1.54, 1.807) is 4.90 Å². The maximum Gasteiger partial charge on any atom is 0.326 e. The number of benzene rings is 1. The molecule has 1 aliphatic heterocycles. The third-order valence-electron chi connectivity index (χ3n) is 5.24. The van der Waals surface area contributed by atoms with E-state index in [0.29, 0.717) is 0 Å². The number of carboxylic acid groups (broad SMARTS) is 1. The van der Waals surface area contributed by atoms with E-state index in [9.17, 15) is 27.9 Å². The van der Waals surface area contributed by atoms with Gasteiger partial charge in [0.2, 0.25) is 11.8 Å². The van der Waals surface area contributed by atoms with Gasteiger partial charge in [0.15, 0.2) is 0 Å². The van der Waals surface area contributed by atoms with Crippen molar-refractivity contribution in [2.75, 3.05) is 23.0 Å². The minimum atomic E-state index is -3.35. The van der Waals surface area contributed by atoms with Crippen LogP contribution < -0.4 is 10.2 Å². The van der Waals surface area contributed by atoms with Crippen molar-refractivity contribution in [3.05, 3.63) is 29.3 Å². The van der Waals surface area contributed by atoms with Crippen molar-refractivity contribution >= 4 is 33.3 Å². The molecule has 0 saturated carbocycles. The topological polar surface area (TPSA) is 121 Å². The standard InChI is InChI=1S/C20H28N2O6S/c1-4-14-8-6-7-13(3)18(14)22-12-15(11-17(22)23)19(24)21-16(20(25)26)9-10-29(27,28)5-2/h6-8,15-16H,4-5,9-12H2,1-3H3,(H,21,24)(H,25,26). The molecule has 2 atom stereocenters. The number of hydrogen-bond donors (Lipinski definition) is 2. The molecule has 0 aromatic heterocycles. The first kappa shape index (κ1) is 22.9. The molecule has 0 bridgehead atoms. The molecule has 0 spiro atoms. The Labute approximate surface area is 171 Å². The lowest BCUT2D eigenvalue weighted by molar-refractivity contribution is -0.142. The summed E-state index contributed by atoms with van der Waals surface area (Å²) in [7, 11) is -3.35.